The highest BCUT2D eigenvalue weighted by Gasteiger charge is 2.50. The molecule has 0 bridgehead atoms. The van der Waals surface area contributed by atoms with Crippen LogP contribution in [-0.2, 0) is 9.53 Å². The average molecular weight is 423 g/mol. The van der Waals surface area contributed by atoms with Crippen LogP contribution in [0.25, 0.3) is 0 Å². The Balaban J connectivity index is 1.62. The van der Waals surface area contributed by atoms with Gasteiger partial charge in [-0.1, -0.05) is 0 Å². The van der Waals surface area contributed by atoms with Crippen LogP contribution in [0.4, 0.5) is 11.4 Å². The van der Waals surface area contributed by atoms with Gasteiger partial charge < -0.3 is 14.4 Å². The van der Waals surface area contributed by atoms with Crippen molar-refractivity contribution in [2.75, 3.05) is 23.0 Å². The van der Waals surface area contributed by atoms with E-state index in [1.54, 1.807) is 35.4 Å². The first-order chi connectivity index (χ1) is 14.3. The van der Waals surface area contributed by atoms with Gasteiger partial charge in [-0.05, 0) is 62.8 Å². The summed E-state index contributed by atoms with van der Waals surface area (Å²) in [6.45, 7) is 6.77. The number of aryl methyl sites for hydroxylation is 1. The number of aromatic nitrogens is 1. The van der Waals surface area contributed by atoms with Crippen molar-refractivity contribution < 1.29 is 14.3 Å². The lowest BCUT2D eigenvalue weighted by Crippen LogP contribution is -2.44. The molecule has 0 aliphatic carbocycles. The molecule has 2 fully saturated rings. The molecular formula is C22H22N4O3S. The van der Waals surface area contributed by atoms with E-state index in [0.717, 1.165) is 12.0 Å². The fraction of sp³-hybridized carbons (Fsp3) is 0.364. The molecule has 2 aromatic rings. The summed E-state index contributed by atoms with van der Waals surface area (Å²) >= 11 is 5.70. The molecular weight excluding hydrogens is 400 g/mol. The van der Waals surface area contributed by atoms with Crippen LogP contribution in [0.2, 0.25) is 0 Å². The molecule has 7 nitrogen and oxygen atoms in total. The summed E-state index contributed by atoms with van der Waals surface area (Å²) < 4.78 is 11.2. The van der Waals surface area contributed by atoms with Gasteiger partial charge in [0, 0.05) is 12.5 Å². The third-order valence-electron chi connectivity index (χ3n) is 5.41. The number of hydrogen-bond acceptors (Lipinski definition) is 6. The molecule has 1 aromatic carbocycles. The Morgan fingerprint density at radius 3 is 2.67 bits per heavy atom. The fourth-order valence-corrected chi connectivity index (χ4v) is 4.24. The topological polar surface area (TPSA) is 78.7 Å². The Labute approximate surface area is 180 Å². The first-order valence-corrected chi connectivity index (χ1v) is 10.1. The number of ether oxygens (including phenoxy) is 2. The van der Waals surface area contributed by atoms with E-state index in [1.165, 1.54) is 4.90 Å². The Hall–Kier alpha value is -3.02. The van der Waals surface area contributed by atoms with Crippen molar-refractivity contribution in [3.8, 4) is 11.9 Å². The summed E-state index contributed by atoms with van der Waals surface area (Å²) in [7, 11) is 0. The molecule has 1 unspecified atom stereocenters. The van der Waals surface area contributed by atoms with Crippen LogP contribution in [0.5, 0.6) is 5.88 Å². The number of carbonyl (C=O) groups is 1. The molecule has 4 rings (SSSR count). The van der Waals surface area contributed by atoms with Crippen molar-refractivity contribution in [3.05, 3.63) is 47.7 Å². The smallest absolute Gasteiger partial charge is 0.259 e. The fourth-order valence-electron chi connectivity index (χ4n) is 3.72. The van der Waals surface area contributed by atoms with Crippen LogP contribution in [0.15, 0.2) is 36.5 Å². The second-order valence-corrected chi connectivity index (χ2v) is 8.25. The Bertz CT molecular complexity index is 1040. The number of amides is 1. The number of anilines is 2. The Kier molecular flexibility index (Phi) is 5.18. The summed E-state index contributed by atoms with van der Waals surface area (Å²) in [5.41, 5.74) is 1.83. The lowest BCUT2D eigenvalue weighted by molar-refractivity contribution is -0.120. The van der Waals surface area contributed by atoms with Gasteiger partial charge >= 0.3 is 0 Å². The van der Waals surface area contributed by atoms with E-state index in [1.807, 2.05) is 26.8 Å². The molecule has 2 aliphatic heterocycles. The van der Waals surface area contributed by atoms with Gasteiger partial charge in [0.05, 0.1) is 42.4 Å². The van der Waals surface area contributed by atoms with Gasteiger partial charge in [0.25, 0.3) is 5.91 Å². The van der Waals surface area contributed by atoms with Crippen LogP contribution in [0.1, 0.15) is 31.4 Å². The second kappa shape index (κ2) is 7.67. The molecule has 2 aliphatic rings. The molecule has 2 saturated heterocycles. The average Bonchev–Trinajstić information content (AvgIpc) is 3.28. The number of pyridine rings is 1. The minimum absolute atomic E-state index is 0.0179. The minimum Gasteiger partial charge on any atom is -0.472 e. The molecule has 0 saturated carbocycles. The van der Waals surface area contributed by atoms with Crippen molar-refractivity contribution >= 4 is 34.6 Å². The summed E-state index contributed by atoms with van der Waals surface area (Å²) in [5, 5.41) is 9.55. The molecule has 0 spiro atoms. The summed E-state index contributed by atoms with van der Waals surface area (Å²) in [6.07, 6.45) is 2.53. The maximum atomic E-state index is 13.3. The quantitative estimate of drug-likeness (QED) is 0.699. The minimum atomic E-state index is -0.887. The highest BCUT2D eigenvalue weighted by atomic mass is 32.1. The molecule has 8 heteroatoms. The predicted octanol–water partition coefficient (Wildman–Crippen LogP) is 3.35. The number of rotatable bonds is 4. The molecule has 154 valence electrons. The molecule has 30 heavy (non-hydrogen) atoms. The number of thiocarbonyl (C=S) groups is 1. The van der Waals surface area contributed by atoms with Crippen LogP contribution in [0.3, 0.4) is 0 Å². The maximum absolute atomic E-state index is 13.3. The zero-order valence-electron chi connectivity index (χ0n) is 17.1. The molecule has 0 radical (unpaired) electrons. The van der Waals surface area contributed by atoms with E-state index in [4.69, 9.17) is 21.7 Å². The van der Waals surface area contributed by atoms with Crippen LogP contribution in [0, 0.1) is 18.3 Å². The van der Waals surface area contributed by atoms with Gasteiger partial charge in [0.15, 0.2) is 5.11 Å². The van der Waals surface area contributed by atoms with E-state index < -0.39 is 5.54 Å². The van der Waals surface area contributed by atoms with E-state index >= 15 is 0 Å². The first-order valence-electron chi connectivity index (χ1n) is 9.73. The van der Waals surface area contributed by atoms with Gasteiger partial charge in [0.1, 0.15) is 11.6 Å². The lowest BCUT2D eigenvalue weighted by atomic mass is 10.0. The van der Waals surface area contributed by atoms with Gasteiger partial charge in [-0.15, -0.1) is 0 Å². The largest absolute Gasteiger partial charge is 0.472 e. The summed E-state index contributed by atoms with van der Waals surface area (Å²) in [4.78, 5) is 21.0. The van der Waals surface area contributed by atoms with Crippen LogP contribution in [-0.4, -0.2) is 40.9 Å². The van der Waals surface area contributed by atoms with E-state index in [2.05, 4.69) is 11.1 Å². The molecule has 0 N–H and O–H groups in total. The van der Waals surface area contributed by atoms with Crippen molar-refractivity contribution in [2.24, 2.45) is 0 Å². The van der Waals surface area contributed by atoms with Gasteiger partial charge in [-0.25, -0.2) is 4.98 Å². The standard InChI is InChI=1S/C22H22N4O3S/c1-14-10-16(5-4-15(14)11-23)25-20(27)22(2,3)26(21(25)30)17-6-7-19(24-12-17)29-18-8-9-28-13-18/h4-7,10,12,18H,8-9,13H2,1-3H3. The predicted molar refractivity (Wildman–Crippen MR) is 117 cm³/mol. The van der Waals surface area contributed by atoms with Crippen LogP contribution >= 0.6 is 12.2 Å². The second-order valence-electron chi connectivity index (χ2n) is 7.89. The maximum Gasteiger partial charge on any atom is 0.259 e. The lowest BCUT2D eigenvalue weighted by Gasteiger charge is -2.29. The van der Waals surface area contributed by atoms with Crippen molar-refractivity contribution in [1.29, 1.82) is 5.26 Å². The zero-order valence-corrected chi connectivity index (χ0v) is 17.9. The third kappa shape index (κ3) is 3.40. The number of nitriles is 1. The highest BCUT2D eigenvalue weighted by Crippen LogP contribution is 2.37. The Morgan fingerprint density at radius 1 is 1.30 bits per heavy atom. The monoisotopic (exact) mass is 422 g/mol. The molecule has 1 aromatic heterocycles. The Morgan fingerprint density at radius 2 is 2.07 bits per heavy atom. The SMILES string of the molecule is Cc1cc(N2C(=O)C(C)(C)N(c3ccc(OC4CCOC4)nc3)C2=S)ccc1C#N. The molecule has 1 amide bonds. The molecule has 3 heterocycles. The molecule has 1 atom stereocenters. The van der Waals surface area contributed by atoms with Crippen LogP contribution < -0.4 is 14.5 Å². The van der Waals surface area contributed by atoms with Gasteiger partial charge in [0.2, 0.25) is 5.88 Å². The van der Waals surface area contributed by atoms with Crippen molar-refractivity contribution in [1.82, 2.24) is 4.98 Å². The normalized spacial score (nSPS) is 20.5. The van der Waals surface area contributed by atoms with Crippen molar-refractivity contribution in [2.45, 2.75) is 38.8 Å². The summed E-state index contributed by atoms with van der Waals surface area (Å²) in [5.74, 6) is 0.378. The zero-order chi connectivity index (χ0) is 21.5. The number of nitrogens with zero attached hydrogens (tertiary/aromatic N) is 4. The first kappa shape index (κ1) is 20.3. The van der Waals surface area contributed by atoms with E-state index in [-0.39, 0.29) is 12.0 Å². The van der Waals surface area contributed by atoms with Gasteiger partial charge in [-0.2, -0.15) is 5.26 Å². The third-order valence-corrected chi connectivity index (χ3v) is 5.78. The van der Waals surface area contributed by atoms with E-state index in [9.17, 15) is 10.1 Å². The van der Waals surface area contributed by atoms with E-state index in [0.29, 0.717) is 41.1 Å². The number of benzene rings is 1. The number of hydrogen-bond donors (Lipinski definition) is 0. The highest BCUT2D eigenvalue weighted by molar-refractivity contribution is 7.81. The number of carbonyl (C=O) groups excluding carboxylic acids is 1. The van der Waals surface area contributed by atoms with Crippen molar-refractivity contribution in [3.63, 3.8) is 0 Å². The van der Waals surface area contributed by atoms with Gasteiger partial charge in [-0.3, -0.25) is 9.69 Å². The summed E-state index contributed by atoms with van der Waals surface area (Å²) in [6, 6.07) is 11.0.